The Labute approximate surface area is 237 Å². The van der Waals surface area contributed by atoms with Crippen molar-refractivity contribution in [3.63, 3.8) is 0 Å². The summed E-state index contributed by atoms with van der Waals surface area (Å²) in [6.07, 6.45) is 0. The lowest BCUT2D eigenvalue weighted by Crippen LogP contribution is -2.29. The number of hydrogen-bond acceptors (Lipinski definition) is 6. The van der Waals surface area contributed by atoms with E-state index in [9.17, 15) is 14.7 Å². The van der Waals surface area contributed by atoms with Gasteiger partial charge in [0.05, 0.1) is 43.0 Å². The summed E-state index contributed by atoms with van der Waals surface area (Å²) in [5.41, 5.74) is 2.13. The SMILES string of the molecule is CCOc1ccc(N2C(=O)C(=O)/C(=C(/O)c3cc(Cl)c(OC)c(Cl)c3OC)C2c2ccc(C(C)C)cc2)cc1. The van der Waals surface area contributed by atoms with Gasteiger partial charge in [0.25, 0.3) is 11.7 Å². The Morgan fingerprint density at radius 3 is 2.13 bits per heavy atom. The average Bonchev–Trinajstić information content (AvgIpc) is 3.19. The predicted octanol–water partition coefficient (Wildman–Crippen LogP) is 7.16. The van der Waals surface area contributed by atoms with Gasteiger partial charge in [0.2, 0.25) is 0 Å². The van der Waals surface area contributed by atoms with Gasteiger partial charge in [-0.3, -0.25) is 14.5 Å². The van der Waals surface area contributed by atoms with Gasteiger partial charge < -0.3 is 19.3 Å². The van der Waals surface area contributed by atoms with E-state index in [0.29, 0.717) is 23.6 Å². The highest BCUT2D eigenvalue weighted by Crippen LogP contribution is 2.48. The first-order chi connectivity index (χ1) is 18.6. The van der Waals surface area contributed by atoms with Crippen LogP contribution in [0, 0.1) is 0 Å². The Hall–Kier alpha value is -3.68. The summed E-state index contributed by atoms with van der Waals surface area (Å²) in [5, 5.41) is 11.7. The minimum atomic E-state index is -0.937. The number of ketones is 1. The lowest BCUT2D eigenvalue weighted by Gasteiger charge is -2.26. The number of hydrogen-bond donors (Lipinski definition) is 1. The molecule has 1 aliphatic heterocycles. The fourth-order valence-corrected chi connectivity index (χ4v) is 5.33. The number of aliphatic hydroxyl groups is 1. The molecule has 1 heterocycles. The molecule has 0 aromatic heterocycles. The van der Waals surface area contributed by atoms with Crippen LogP contribution >= 0.6 is 23.2 Å². The fraction of sp³-hybridized carbons (Fsp3) is 0.267. The number of methoxy groups -OCH3 is 2. The minimum Gasteiger partial charge on any atom is -0.507 e. The number of halogens is 2. The van der Waals surface area contributed by atoms with Gasteiger partial charge in [-0.15, -0.1) is 0 Å². The Kier molecular flexibility index (Phi) is 8.42. The van der Waals surface area contributed by atoms with Gasteiger partial charge in [-0.1, -0.05) is 61.3 Å². The maximum Gasteiger partial charge on any atom is 0.300 e. The molecule has 1 N–H and O–H groups in total. The molecule has 7 nitrogen and oxygen atoms in total. The molecular weight excluding hydrogens is 541 g/mol. The molecule has 3 aromatic carbocycles. The number of benzene rings is 3. The third-order valence-corrected chi connectivity index (χ3v) is 7.21. The summed E-state index contributed by atoms with van der Waals surface area (Å²) >= 11 is 12.8. The standard InChI is InChI=1S/C30H29Cl2NO6/c1-6-39-20-13-11-19(12-14-20)33-25(18-9-7-17(8-10-18)16(2)3)23(27(35)30(33)36)26(34)21-15-22(31)29(38-5)24(32)28(21)37-4/h7-16,25,34H,6H2,1-5H3/b26-23+. The van der Waals surface area contributed by atoms with Crippen molar-refractivity contribution in [1.29, 1.82) is 0 Å². The summed E-state index contributed by atoms with van der Waals surface area (Å²) in [6.45, 7) is 6.51. The summed E-state index contributed by atoms with van der Waals surface area (Å²) in [4.78, 5) is 28.4. The van der Waals surface area contributed by atoms with E-state index in [2.05, 4.69) is 13.8 Å². The van der Waals surface area contributed by atoms with E-state index in [1.165, 1.54) is 25.2 Å². The van der Waals surface area contributed by atoms with Crippen molar-refractivity contribution in [3.05, 3.63) is 86.9 Å². The van der Waals surface area contributed by atoms with Crippen LogP contribution in [0.2, 0.25) is 10.0 Å². The monoisotopic (exact) mass is 569 g/mol. The van der Waals surface area contributed by atoms with Gasteiger partial charge in [-0.25, -0.2) is 0 Å². The minimum absolute atomic E-state index is 0.0210. The van der Waals surface area contributed by atoms with Gasteiger partial charge >= 0.3 is 0 Å². The molecule has 204 valence electrons. The van der Waals surface area contributed by atoms with Crippen LogP contribution in [-0.4, -0.2) is 37.6 Å². The molecule has 1 unspecified atom stereocenters. The molecule has 4 rings (SSSR count). The van der Waals surface area contributed by atoms with E-state index >= 15 is 0 Å². The number of ether oxygens (including phenoxy) is 3. The smallest absolute Gasteiger partial charge is 0.300 e. The van der Waals surface area contributed by atoms with Crippen molar-refractivity contribution in [2.75, 3.05) is 25.7 Å². The molecule has 1 aliphatic rings. The average molecular weight is 570 g/mol. The van der Waals surface area contributed by atoms with E-state index < -0.39 is 23.5 Å². The molecule has 1 saturated heterocycles. The first-order valence-electron chi connectivity index (χ1n) is 12.4. The summed E-state index contributed by atoms with van der Waals surface area (Å²) < 4.78 is 16.3. The van der Waals surface area contributed by atoms with Crippen LogP contribution in [-0.2, 0) is 9.59 Å². The lowest BCUT2D eigenvalue weighted by molar-refractivity contribution is -0.132. The summed E-state index contributed by atoms with van der Waals surface area (Å²) in [7, 11) is 2.77. The predicted molar refractivity (Wildman–Crippen MR) is 152 cm³/mol. The Bertz CT molecular complexity index is 1430. The largest absolute Gasteiger partial charge is 0.507 e. The topological polar surface area (TPSA) is 85.3 Å². The van der Waals surface area contributed by atoms with Crippen LogP contribution in [0.5, 0.6) is 17.2 Å². The fourth-order valence-electron chi connectivity index (χ4n) is 4.64. The quantitative estimate of drug-likeness (QED) is 0.176. The third-order valence-electron chi connectivity index (χ3n) is 6.58. The molecule has 39 heavy (non-hydrogen) atoms. The molecule has 0 radical (unpaired) electrons. The van der Waals surface area contributed by atoms with Crippen LogP contribution in [0.25, 0.3) is 5.76 Å². The van der Waals surface area contributed by atoms with Crippen LogP contribution in [0.15, 0.2) is 60.2 Å². The molecule has 0 spiro atoms. The van der Waals surface area contributed by atoms with Crippen molar-refractivity contribution in [3.8, 4) is 17.2 Å². The number of rotatable bonds is 8. The van der Waals surface area contributed by atoms with E-state index in [4.69, 9.17) is 37.4 Å². The van der Waals surface area contributed by atoms with Gasteiger partial charge in [-0.2, -0.15) is 0 Å². The van der Waals surface area contributed by atoms with E-state index in [-0.39, 0.29) is 38.6 Å². The molecular formula is C30H29Cl2NO6. The maximum atomic E-state index is 13.6. The molecule has 9 heteroatoms. The number of amides is 1. The zero-order valence-electron chi connectivity index (χ0n) is 22.2. The van der Waals surface area contributed by atoms with Crippen molar-refractivity contribution in [2.45, 2.75) is 32.7 Å². The highest BCUT2D eigenvalue weighted by Gasteiger charge is 2.47. The zero-order chi connectivity index (χ0) is 28.4. The van der Waals surface area contributed by atoms with Crippen molar-refractivity contribution in [1.82, 2.24) is 0 Å². The first kappa shape index (κ1) is 28.3. The lowest BCUT2D eigenvalue weighted by atomic mass is 9.93. The zero-order valence-corrected chi connectivity index (χ0v) is 23.8. The van der Waals surface area contributed by atoms with E-state index in [0.717, 1.165) is 5.56 Å². The van der Waals surface area contributed by atoms with Crippen LogP contribution in [0.3, 0.4) is 0 Å². The molecule has 1 fully saturated rings. The normalized spacial score (nSPS) is 16.6. The molecule has 3 aromatic rings. The maximum absolute atomic E-state index is 13.6. The number of carbonyl (C=O) groups excluding carboxylic acids is 2. The molecule has 1 atom stereocenters. The second kappa shape index (κ2) is 11.6. The first-order valence-corrected chi connectivity index (χ1v) is 13.1. The van der Waals surface area contributed by atoms with Crippen molar-refractivity contribution < 1.29 is 28.9 Å². The molecule has 0 bridgehead atoms. The molecule has 0 aliphatic carbocycles. The van der Waals surface area contributed by atoms with Crippen molar-refractivity contribution in [2.24, 2.45) is 0 Å². The van der Waals surface area contributed by atoms with Gasteiger partial charge in [0, 0.05) is 5.69 Å². The van der Waals surface area contributed by atoms with Gasteiger partial charge in [-0.05, 0) is 54.3 Å². The Morgan fingerprint density at radius 1 is 0.974 bits per heavy atom. The number of carbonyl (C=O) groups is 2. The number of Topliss-reactive ketones (excluding diaryl/α,β-unsaturated/α-hetero) is 1. The van der Waals surface area contributed by atoms with Gasteiger partial charge in [0.15, 0.2) is 11.5 Å². The summed E-state index contributed by atoms with van der Waals surface area (Å²) in [6, 6.07) is 14.9. The second-order valence-corrected chi connectivity index (χ2v) is 9.99. The Balaban J connectivity index is 1.97. The summed E-state index contributed by atoms with van der Waals surface area (Å²) in [5.74, 6) is -0.998. The Morgan fingerprint density at radius 2 is 1.59 bits per heavy atom. The van der Waals surface area contributed by atoms with Crippen LogP contribution in [0.4, 0.5) is 5.69 Å². The van der Waals surface area contributed by atoms with E-state index in [1.807, 2.05) is 31.2 Å². The highest BCUT2D eigenvalue weighted by atomic mass is 35.5. The third kappa shape index (κ3) is 5.16. The highest BCUT2D eigenvalue weighted by molar-refractivity contribution is 6.52. The number of anilines is 1. The van der Waals surface area contributed by atoms with Crippen molar-refractivity contribution >= 4 is 46.3 Å². The number of nitrogens with zero attached hydrogens (tertiary/aromatic N) is 1. The molecule has 0 saturated carbocycles. The van der Waals surface area contributed by atoms with Gasteiger partial charge in [0.1, 0.15) is 16.5 Å². The van der Waals surface area contributed by atoms with Crippen LogP contribution < -0.4 is 19.1 Å². The molecule has 1 amide bonds. The second-order valence-electron chi connectivity index (χ2n) is 9.20. The van der Waals surface area contributed by atoms with E-state index in [1.54, 1.807) is 24.3 Å². The number of aliphatic hydroxyl groups excluding tert-OH is 1. The van der Waals surface area contributed by atoms with Crippen LogP contribution in [0.1, 0.15) is 49.4 Å².